The molecule has 0 aliphatic rings. The van der Waals surface area contributed by atoms with E-state index in [9.17, 15) is 4.79 Å². The molecule has 0 radical (unpaired) electrons. The average molecular weight is 454 g/mol. The maximum Gasteiger partial charge on any atom is 0.500 e. The van der Waals surface area contributed by atoms with Gasteiger partial charge in [0, 0.05) is 75.3 Å². The third-order valence-corrected chi connectivity index (χ3v) is 11.8. The van der Waals surface area contributed by atoms with Crippen LogP contribution in [0.5, 0.6) is 0 Å². The van der Waals surface area contributed by atoms with Gasteiger partial charge in [-0.1, -0.05) is 6.92 Å². The van der Waals surface area contributed by atoms with Crippen LogP contribution in [0.25, 0.3) is 0 Å². The number of carbonyl (C=O) groups excluding carboxylic acids is 1. The van der Waals surface area contributed by atoms with Crippen molar-refractivity contribution in [2.45, 2.75) is 58.0 Å². The summed E-state index contributed by atoms with van der Waals surface area (Å²) in [5, 5.41) is 0. The van der Waals surface area contributed by atoms with Crippen molar-refractivity contribution in [1.29, 1.82) is 0 Å². The van der Waals surface area contributed by atoms with Gasteiger partial charge in [0.15, 0.2) is 0 Å². The Labute approximate surface area is 179 Å². The minimum absolute atomic E-state index is 0.00878. The third kappa shape index (κ3) is 8.74. The van der Waals surface area contributed by atoms with Crippen LogP contribution < -0.4 is 0 Å². The van der Waals surface area contributed by atoms with Crippen LogP contribution in [0, 0.1) is 5.41 Å². The van der Waals surface area contributed by atoms with Gasteiger partial charge in [-0.2, -0.15) is 0 Å². The minimum atomic E-state index is -2.60. The smallest absolute Gasteiger partial charge is 0.377 e. The van der Waals surface area contributed by atoms with E-state index in [0.717, 1.165) is 44.2 Å². The fourth-order valence-electron chi connectivity index (χ4n) is 3.84. The van der Waals surface area contributed by atoms with E-state index in [2.05, 4.69) is 6.92 Å². The summed E-state index contributed by atoms with van der Waals surface area (Å²) in [6.07, 6.45) is 4.68. The average Bonchev–Trinajstić information content (AvgIpc) is 2.74. The van der Waals surface area contributed by atoms with Crippen LogP contribution in [0.15, 0.2) is 0 Å². The molecule has 1 amide bonds. The number of nitrogens with zero attached hydrogens (tertiary/aromatic N) is 1. The summed E-state index contributed by atoms with van der Waals surface area (Å²) < 4.78 is 33.4. The molecule has 0 heterocycles. The molecule has 174 valence electrons. The zero-order valence-corrected chi connectivity index (χ0v) is 22.0. The summed E-state index contributed by atoms with van der Waals surface area (Å²) in [5.41, 5.74) is -0.00878. The van der Waals surface area contributed by atoms with Crippen molar-refractivity contribution in [1.82, 2.24) is 4.90 Å². The highest BCUT2D eigenvalue weighted by atomic mass is 28.4. The highest BCUT2D eigenvalue weighted by Crippen LogP contribution is 2.37. The molecule has 0 saturated carbocycles. The molecule has 0 aliphatic heterocycles. The van der Waals surface area contributed by atoms with Gasteiger partial charge in [-0.15, -0.1) is 0 Å². The number of rotatable bonds is 17. The van der Waals surface area contributed by atoms with Gasteiger partial charge in [0.05, 0.1) is 0 Å². The Morgan fingerprint density at radius 1 is 0.793 bits per heavy atom. The molecule has 0 spiro atoms. The molecule has 10 heteroatoms. The predicted octanol–water partition coefficient (Wildman–Crippen LogP) is 3.18. The third-order valence-electron chi connectivity index (χ3n) is 6.11. The Kier molecular flexibility index (Phi) is 13.7. The summed E-state index contributed by atoms with van der Waals surface area (Å²) in [5.74, 6) is 0.0756. The predicted molar refractivity (Wildman–Crippen MR) is 118 cm³/mol. The summed E-state index contributed by atoms with van der Waals surface area (Å²) in [4.78, 5) is 13.7. The largest absolute Gasteiger partial charge is 0.500 e. The van der Waals surface area contributed by atoms with E-state index in [1.165, 1.54) is 0 Å². The van der Waals surface area contributed by atoms with Crippen molar-refractivity contribution in [3.8, 4) is 0 Å². The first-order valence-corrected chi connectivity index (χ1v) is 14.1. The SMILES string of the molecule is CCC(CCC[Si](OC)(OC)OC)(CCC[Si](OC)(OC)OC)CN(C)C(C)=O. The minimum Gasteiger partial charge on any atom is -0.377 e. The lowest BCUT2D eigenvalue weighted by Gasteiger charge is -2.38. The van der Waals surface area contributed by atoms with Crippen molar-refractivity contribution in [3.05, 3.63) is 0 Å². The molecule has 8 nitrogen and oxygen atoms in total. The van der Waals surface area contributed by atoms with Crippen LogP contribution in [0.4, 0.5) is 0 Å². The molecule has 29 heavy (non-hydrogen) atoms. The molecule has 0 N–H and O–H groups in total. The number of carbonyl (C=O) groups is 1. The summed E-state index contributed by atoms with van der Waals surface area (Å²) >= 11 is 0. The molecular formula is C19H43NO7Si2. The van der Waals surface area contributed by atoms with Crippen LogP contribution >= 0.6 is 0 Å². The number of hydrogen-bond acceptors (Lipinski definition) is 7. The van der Waals surface area contributed by atoms with E-state index in [1.54, 1.807) is 49.6 Å². The van der Waals surface area contributed by atoms with Crippen LogP contribution in [0.3, 0.4) is 0 Å². The summed E-state index contributed by atoms with van der Waals surface area (Å²) in [6, 6.07) is 1.49. The van der Waals surface area contributed by atoms with Crippen molar-refractivity contribution >= 4 is 23.5 Å². The second kappa shape index (κ2) is 13.9. The van der Waals surface area contributed by atoms with Crippen LogP contribution in [0.1, 0.15) is 46.0 Å². The topological polar surface area (TPSA) is 75.7 Å². The van der Waals surface area contributed by atoms with E-state index >= 15 is 0 Å². The lowest BCUT2D eigenvalue weighted by atomic mass is 9.76. The first kappa shape index (κ1) is 28.7. The molecule has 0 aromatic rings. The molecule has 0 atom stereocenters. The summed E-state index contributed by atoms with van der Waals surface area (Å²) in [7, 11) is 6.49. The van der Waals surface area contributed by atoms with E-state index in [4.69, 9.17) is 26.6 Å². The monoisotopic (exact) mass is 453 g/mol. The van der Waals surface area contributed by atoms with Gasteiger partial charge in [-0.05, 0) is 37.5 Å². The van der Waals surface area contributed by atoms with Gasteiger partial charge in [-0.25, -0.2) is 0 Å². The molecule has 0 fully saturated rings. The van der Waals surface area contributed by atoms with Crippen molar-refractivity contribution in [3.63, 3.8) is 0 Å². The Morgan fingerprint density at radius 3 is 1.38 bits per heavy atom. The first-order valence-electron chi connectivity index (χ1n) is 10.2. The van der Waals surface area contributed by atoms with Gasteiger partial charge >= 0.3 is 17.6 Å². The molecule has 0 bridgehead atoms. The fraction of sp³-hybridized carbons (Fsp3) is 0.947. The number of amides is 1. The van der Waals surface area contributed by atoms with Gasteiger partial charge in [-0.3, -0.25) is 4.79 Å². The zero-order chi connectivity index (χ0) is 22.6. The lowest BCUT2D eigenvalue weighted by Crippen LogP contribution is -2.44. The Morgan fingerprint density at radius 2 is 1.14 bits per heavy atom. The molecule has 0 aromatic carbocycles. The molecule has 0 rings (SSSR count). The number of hydrogen-bond donors (Lipinski definition) is 0. The van der Waals surface area contributed by atoms with Gasteiger partial charge in [0.1, 0.15) is 0 Å². The highest BCUT2D eigenvalue weighted by Gasteiger charge is 2.41. The second-order valence-electron chi connectivity index (χ2n) is 7.53. The quantitative estimate of drug-likeness (QED) is 0.313. The van der Waals surface area contributed by atoms with E-state index in [-0.39, 0.29) is 11.3 Å². The molecule has 0 aromatic heterocycles. The van der Waals surface area contributed by atoms with Crippen LogP contribution in [0.2, 0.25) is 12.1 Å². The fourth-order valence-corrected chi connectivity index (χ4v) is 7.28. The van der Waals surface area contributed by atoms with Crippen molar-refractivity contribution < 1.29 is 31.4 Å². The van der Waals surface area contributed by atoms with Crippen LogP contribution in [-0.2, 0) is 31.4 Å². The molecule has 0 saturated heterocycles. The summed E-state index contributed by atoms with van der Waals surface area (Å²) in [6.45, 7) is 4.51. The van der Waals surface area contributed by atoms with Crippen LogP contribution in [-0.4, -0.2) is 84.7 Å². The Bertz CT molecular complexity index is 417. The van der Waals surface area contributed by atoms with Gasteiger partial charge in [0.25, 0.3) is 0 Å². The molecule has 0 aliphatic carbocycles. The van der Waals surface area contributed by atoms with E-state index < -0.39 is 17.6 Å². The lowest BCUT2D eigenvalue weighted by molar-refractivity contribution is -0.129. The van der Waals surface area contributed by atoms with Gasteiger partial charge in [0.2, 0.25) is 5.91 Å². The maximum absolute atomic E-state index is 11.9. The molecular weight excluding hydrogens is 410 g/mol. The zero-order valence-electron chi connectivity index (χ0n) is 20.0. The van der Waals surface area contributed by atoms with Gasteiger partial charge < -0.3 is 31.5 Å². The highest BCUT2D eigenvalue weighted by molar-refractivity contribution is 6.60. The van der Waals surface area contributed by atoms with Crippen molar-refractivity contribution in [2.24, 2.45) is 5.41 Å². The maximum atomic E-state index is 11.9. The van der Waals surface area contributed by atoms with Crippen molar-refractivity contribution in [2.75, 3.05) is 56.3 Å². The standard InChI is InChI=1S/C19H43NO7Si2/c1-10-19(17-20(3)18(2)21,13-11-15-28(22-4,23-5)24-6)14-12-16-29(25-7,26-8)27-9/h10-17H2,1-9H3. The normalized spacial score (nSPS) is 13.0. The van der Waals surface area contributed by atoms with E-state index in [0.29, 0.717) is 6.54 Å². The second-order valence-corrected chi connectivity index (χ2v) is 13.7. The Hall–Kier alpha value is -0.336. The Balaban J connectivity index is 5.26. The molecule has 0 unspecified atom stereocenters. The first-order chi connectivity index (χ1) is 13.7. The van der Waals surface area contributed by atoms with E-state index in [1.807, 2.05) is 11.9 Å².